The highest BCUT2D eigenvalue weighted by molar-refractivity contribution is 9.10. The second kappa shape index (κ2) is 6.19. The molecule has 2 aliphatic rings. The van der Waals surface area contributed by atoms with Gasteiger partial charge in [-0.05, 0) is 35.6 Å². The van der Waals surface area contributed by atoms with Crippen molar-refractivity contribution in [2.24, 2.45) is 5.92 Å². The lowest BCUT2D eigenvalue weighted by Gasteiger charge is -2.38. The molecule has 1 heterocycles. The van der Waals surface area contributed by atoms with Gasteiger partial charge in [0.15, 0.2) is 0 Å². The molecule has 0 radical (unpaired) electrons. The lowest BCUT2D eigenvalue weighted by Crippen LogP contribution is -2.29. The minimum atomic E-state index is -0.364. The minimum absolute atomic E-state index is 0.0670. The Bertz CT molecular complexity index is 881. The predicted octanol–water partition coefficient (Wildman–Crippen LogP) is 5.19. The van der Waals surface area contributed by atoms with Crippen molar-refractivity contribution in [2.75, 3.05) is 12.4 Å². The van der Waals surface area contributed by atoms with Gasteiger partial charge in [-0.3, -0.25) is 10.1 Å². The molecule has 6 heteroatoms. The maximum absolute atomic E-state index is 11.3. The van der Waals surface area contributed by atoms with Gasteiger partial charge in [-0.15, -0.1) is 0 Å². The molecule has 0 bridgehead atoms. The predicted molar refractivity (Wildman–Crippen MR) is 100 cm³/mol. The molecule has 0 saturated carbocycles. The maximum Gasteiger partial charge on any atom is 0.273 e. The first-order valence-electron chi connectivity index (χ1n) is 8.13. The Morgan fingerprint density at radius 1 is 1.32 bits per heavy atom. The van der Waals surface area contributed by atoms with Gasteiger partial charge in [0.25, 0.3) is 5.69 Å². The van der Waals surface area contributed by atoms with Crippen LogP contribution in [0.4, 0.5) is 11.4 Å². The average Bonchev–Trinajstić information content (AvgIpc) is 3.10. The lowest BCUT2D eigenvalue weighted by atomic mass is 9.76. The topological polar surface area (TPSA) is 64.4 Å². The zero-order chi connectivity index (χ0) is 17.6. The van der Waals surface area contributed by atoms with Crippen LogP contribution >= 0.6 is 15.9 Å². The van der Waals surface area contributed by atoms with Crippen LogP contribution in [0.5, 0.6) is 5.75 Å². The van der Waals surface area contributed by atoms with Gasteiger partial charge in [0.1, 0.15) is 5.75 Å². The summed E-state index contributed by atoms with van der Waals surface area (Å²) in [5.74, 6) is 0.991. The number of fused-ring (bicyclic) bond motifs is 3. The SMILES string of the molecule is COc1cc([N+](=O)[O-])cc2c1N[C@@H](c1cccc(Br)c1)[C@H]1CC=C[C@@H]21. The zero-order valence-corrected chi connectivity index (χ0v) is 15.2. The highest BCUT2D eigenvalue weighted by Crippen LogP contribution is 2.53. The van der Waals surface area contributed by atoms with Gasteiger partial charge >= 0.3 is 0 Å². The molecule has 0 saturated heterocycles. The van der Waals surface area contributed by atoms with Gasteiger partial charge < -0.3 is 10.1 Å². The Kier molecular flexibility index (Phi) is 4.00. The van der Waals surface area contributed by atoms with Crippen molar-refractivity contribution in [1.82, 2.24) is 0 Å². The van der Waals surface area contributed by atoms with Crippen molar-refractivity contribution in [1.29, 1.82) is 0 Å². The molecule has 2 aromatic rings. The molecule has 0 unspecified atom stereocenters. The number of benzene rings is 2. The van der Waals surface area contributed by atoms with Gasteiger partial charge in [-0.1, -0.05) is 40.2 Å². The van der Waals surface area contributed by atoms with Crippen molar-refractivity contribution in [2.45, 2.75) is 18.4 Å². The molecular weight excluding hydrogens is 384 g/mol. The van der Waals surface area contributed by atoms with Gasteiger partial charge in [0.2, 0.25) is 0 Å². The van der Waals surface area contributed by atoms with E-state index in [1.54, 1.807) is 13.2 Å². The summed E-state index contributed by atoms with van der Waals surface area (Å²) < 4.78 is 6.50. The summed E-state index contributed by atoms with van der Waals surface area (Å²) in [5.41, 5.74) is 3.05. The smallest absolute Gasteiger partial charge is 0.273 e. The molecule has 1 N–H and O–H groups in total. The number of methoxy groups -OCH3 is 1. The van der Waals surface area contributed by atoms with E-state index in [0.717, 1.165) is 22.1 Å². The van der Waals surface area contributed by atoms with Crippen LogP contribution in [-0.2, 0) is 0 Å². The summed E-state index contributed by atoms with van der Waals surface area (Å²) in [5, 5.41) is 14.9. The number of hydrogen-bond donors (Lipinski definition) is 1. The number of nitrogens with one attached hydrogen (secondary N) is 1. The minimum Gasteiger partial charge on any atom is -0.494 e. The summed E-state index contributed by atoms with van der Waals surface area (Å²) >= 11 is 3.54. The summed E-state index contributed by atoms with van der Waals surface area (Å²) in [6, 6.07) is 11.6. The number of nitrogens with zero attached hydrogens (tertiary/aromatic N) is 1. The third-order valence-electron chi connectivity index (χ3n) is 5.06. The van der Waals surface area contributed by atoms with Crippen LogP contribution in [-0.4, -0.2) is 12.0 Å². The highest BCUT2D eigenvalue weighted by Gasteiger charge is 2.40. The molecule has 4 rings (SSSR count). The molecule has 0 spiro atoms. The van der Waals surface area contributed by atoms with Crippen molar-refractivity contribution < 1.29 is 9.66 Å². The van der Waals surface area contributed by atoms with Crippen molar-refractivity contribution in [3.05, 3.63) is 74.3 Å². The van der Waals surface area contributed by atoms with E-state index in [2.05, 4.69) is 45.5 Å². The van der Waals surface area contributed by atoms with Crippen LogP contribution in [0.25, 0.3) is 0 Å². The number of halogens is 1. The maximum atomic E-state index is 11.3. The summed E-state index contributed by atoms with van der Waals surface area (Å²) in [6.07, 6.45) is 5.28. The first-order valence-corrected chi connectivity index (χ1v) is 8.93. The monoisotopic (exact) mass is 400 g/mol. The Morgan fingerprint density at radius 2 is 2.16 bits per heavy atom. The molecule has 0 aromatic heterocycles. The van der Waals surface area contributed by atoms with Crippen LogP contribution in [0.1, 0.15) is 29.5 Å². The fourth-order valence-electron chi connectivity index (χ4n) is 3.95. The second-order valence-corrected chi connectivity index (χ2v) is 7.32. The normalized spacial score (nSPS) is 23.5. The summed E-state index contributed by atoms with van der Waals surface area (Å²) in [7, 11) is 1.55. The molecule has 3 atom stereocenters. The molecule has 5 nitrogen and oxygen atoms in total. The van der Waals surface area contributed by atoms with E-state index in [9.17, 15) is 10.1 Å². The highest BCUT2D eigenvalue weighted by atomic mass is 79.9. The average molecular weight is 401 g/mol. The Hall–Kier alpha value is -2.34. The Morgan fingerprint density at radius 3 is 2.88 bits per heavy atom. The van der Waals surface area contributed by atoms with E-state index in [4.69, 9.17) is 4.74 Å². The molecule has 1 aliphatic heterocycles. The van der Waals surface area contributed by atoms with E-state index >= 15 is 0 Å². The number of rotatable bonds is 3. The molecule has 0 amide bonds. The van der Waals surface area contributed by atoms with Gasteiger partial charge in [0.05, 0.1) is 29.8 Å². The quantitative estimate of drug-likeness (QED) is 0.437. The van der Waals surface area contributed by atoms with Gasteiger partial charge in [-0.25, -0.2) is 0 Å². The molecule has 1 aliphatic carbocycles. The third kappa shape index (κ3) is 2.70. The number of non-ortho nitro benzene ring substituents is 1. The largest absolute Gasteiger partial charge is 0.494 e. The number of anilines is 1. The Labute approximate surface area is 154 Å². The fourth-order valence-corrected chi connectivity index (χ4v) is 4.37. The Balaban J connectivity index is 1.85. The van der Waals surface area contributed by atoms with Crippen LogP contribution in [0.2, 0.25) is 0 Å². The third-order valence-corrected chi connectivity index (χ3v) is 5.55. The van der Waals surface area contributed by atoms with Crippen LogP contribution in [0, 0.1) is 16.0 Å². The van der Waals surface area contributed by atoms with E-state index in [0.29, 0.717) is 11.7 Å². The van der Waals surface area contributed by atoms with Crippen molar-refractivity contribution in [3.63, 3.8) is 0 Å². The molecule has 2 aromatic carbocycles. The van der Waals surface area contributed by atoms with Crippen molar-refractivity contribution in [3.8, 4) is 5.75 Å². The number of ether oxygens (including phenoxy) is 1. The molecular formula is C19H17BrN2O3. The first kappa shape index (κ1) is 16.1. The standard InChI is InChI=1S/C19H17BrN2O3/c1-25-17-10-13(22(23)24)9-16-14-6-3-7-15(14)18(21-19(16)17)11-4-2-5-12(20)8-11/h2-6,8-10,14-15,18,21H,7H2,1H3/t14-,15+,18+/m1/s1. The molecule has 128 valence electrons. The van der Waals surface area contributed by atoms with E-state index < -0.39 is 0 Å². The number of hydrogen-bond acceptors (Lipinski definition) is 4. The number of nitro benzene ring substituents is 1. The van der Waals surface area contributed by atoms with Crippen LogP contribution < -0.4 is 10.1 Å². The zero-order valence-electron chi connectivity index (χ0n) is 13.6. The number of allylic oxidation sites excluding steroid dienone is 2. The van der Waals surface area contributed by atoms with E-state index in [1.165, 1.54) is 11.6 Å². The summed E-state index contributed by atoms with van der Waals surface area (Å²) in [4.78, 5) is 10.9. The van der Waals surface area contributed by atoms with Crippen LogP contribution in [0.15, 0.2) is 53.0 Å². The lowest BCUT2D eigenvalue weighted by molar-refractivity contribution is -0.385. The fraction of sp³-hybridized carbons (Fsp3) is 0.263. The second-order valence-electron chi connectivity index (χ2n) is 6.40. The van der Waals surface area contributed by atoms with Gasteiger partial charge in [0, 0.05) is 16.5 Å². The summed E-state index contributed by atoms with van der Waals surface area (Å²) in [6.45, 7) is 0. The van der Waals surface area contributed by atoms with E-state index in [-0.39, 0.29) is 22.6 Å². The number of nitro groups is 1. The molecule has 0 fully saturated rings. The van der Waals surface area contributed by atoms with Gasteiger partial charge in [-0.2, -0.15) is 0 Å². The van der Waals surface area contributed by atoms with Crippen LogP contribution in [0.3, 0.4) is 0 Å². The van der Waals surface area contributed by atoms with Crippen molar-refractivity contribution >= 4 is 27.3 Å². The first-order chi connectivity index (χ1) is 12.1. The molecule has 25 heavy (non-hydrogen) atoms. The van der Waals surface area contributed by atoms with E-state index in [1.807, 2.05) is 12.1 Å².